The van der Waals surface area contributed by atoms with E-state index in [1.54, 1.807) is 30.3 Å². The maximum absolute atomic E-state index is 13.3. The number of benzene rings is 3. The molecular formula is C23H23N3O3S. The molecule has 7 heteroatoms. The van der Waals surface area contributed by atoms with Crippen LogP contribution in [0.4, 0.5) is 11.4 Å². The van der Waals surface area contributed by atoms with Crippen LogP contribution >= 0.6 is 0 Å². The number of carbonyl (C=O) groups excluding carboxylic acids is 1. The highest BCUT2D eigenvalue weighted by Gasteiger charge is 2.26. The predicted octanol–water partition coefficient (Wildman–Crippen LogP) is 4.11. The van der Waals surface area contributed by atoms with Crippen LogP contribution in [0.2, 0.25) is 0 Å². The van der Waals surface area contributed by atoms with E-state index in [0.29, 0.717) is 27.7 Å². The molecule has 1 saturated heterocycles. The van der Waals surface area contributed by atoms with Gasteiger partial charge in [0.25, 0.3) is 15.9 Å². The lowest BCUT2D eigenvalue weighted by Crippen LogP contribution is -2.19. The van der Waals surface area contributed by atoms with Crippen LogP contribution in [0.3, 0.4) is 0 Å². The average molecular weight is 422 g/mol. The van der Waals surface area contributed by atoms with Crippen molar-refractivity contribution >= 4 is 38.1 Å². The van der Waals surface area contributed by atoms with Crippen LogP contribution in [0.15, 0.2) is 53.4 Å². The minimum absolute atomic E-state index is 0.170. The molecule has 5 rings (SSSR count). The van der Waals surface area contributed by atoms with E-state index in [4.69, 9.17) is 0 Å². The van der Waals surface area contributed by atoms with Crippen LogP contribution in [0.5, 0.6) is 0 Å². The highest BCUT2D eigenvalue weighted by atomic mass is 32.2. The summed E-state index contributed by atoms with van der Waals surface area (Å²) in [6.45, 7) is 4.89. The first-order valence-electron chi connectivity index (χ1n) is 10.1. The third-order valence-electron chi connectivity index (χ3n) is 5.93. The second-order valence-corrected chi connectivity index (χ2v) is 9.68. The summed E-state index contributed by atoms with van der Waals surface area (Å²) >= 11 is 0. The molecule has 0 saturated carbocycles. The van der Waals surface area contributed by atoms with Crippen LogP contribution in [-0.4, -0.2) is 32.3 Å². The summed E-state index contributed by atoms with van der Waals surface area (Å²) in [4.78, 5) is 14.7. The normalized spacial score (nSPS) is 16.2. The molecule has 2 N–H and O–H groups in total. The SMILES string of the molecule is Cc1ccc(CN2CCCC2)cc1NS(=O)(=O)c1ccc2c3c(cccc13)C(=O)N2. The van der Waals surface area contributed by atoms with Crippen molar-refractivity contribution in [3.8, 4) is 0 Å². The number of anilines is 2. The molecule has 0 atom stereocenters. The zero-order chi connectivity index (χ0) is 20.9. The van der Waals surface area contributed by atoms with E-state index in [-0.39, 0.29) is 10.8 Å². The third kappa shape index (κ3) is 3.24. The maximum Gasteiger partial charge on any atom is 0.262 e. The van der Waals surface area contributed by atoms with Gasteiger partial charge < -0.3 is 5.32 Å². The molecule has 0 aliphatic carbocycles. The van der Waals surface area contributed by atoms with Crippen LogP contribution in [0, 0.1) is 6.92 Å². The fraction of sp³-hybridized carbons (Fsp3) is 0.261. The Kier molecular flexibility index (Phi) is 4.52. The number of nitrogens with zero attached hydrogens (tertiary/aromatic N) is 1. The van der Waals surface area contributed by atoms with E-state index >= 15 is 0 Å². The van der Waals surface area contributed by atoms with Crippen LogP contribution in [0.25, 0.3) is 10.8 Å². The minimum atomic E-state index is -3.83. The summed E-state index contributed by atoms with van der Waals surface area (Å²) < 4.78 is 29.4. The number of likely N-dealkylation sites (tertiary alicyclic amines) is 1. The van der Waals surface area contributed by atoms with Crippen LogP contribution in [0.1, 0.15) is 34.3 Å². The highest BCUT2D eigenvalue weighted by molar-refractivity contribution is 7.93. The summed E-state index contributed by atoms with van der Waals surface area (Å²) in [6.07, 6.45) is 2.43. The molecule has 0 radical (unpaired) electrons. The van der Waals surface area contributed by atoms with E-state index < -0.39 is 10.0 Å². The first kappa shape index (κ1) is 19.1. The van der Waals surface area contributed by atoms with Gasteiger partial charge in [0.1, 0.15) is 0 Å². The van der Waals surface area contributed by atoms with E-state index in [1.807, 2.05) is 19.1 Å². The number of carbonyl (C=O) groups is 1. The average Bonchev–Trinajstić information content (AvgIpc) is 3.34. The van der Waals surface area contributed by atoms with E-state index in [1.165, 1.54) is 12.8 Å². The Hall–Kier alpha value is -2.90. The quantitative estimate of drug-likeness (QED) is 0.650. The molecule has 30 heavy (non-hydrogen) atoms. The molecule has 3 aromatic rings. The molecule has 1 fully saturated rings. The van der Waals surface area contributed by atoms with Gasteiger partial charge in [0.2, 0.25) is 0 Å². The Morgan fingerprint density at radius 2 is 1.87 bits per heavy atom. The van der Waals surface area contributed by atoms with Gasteiger partial charge in [0.15, 0.2) is 0 Å². The first-order valence-corrected chi connectivity index (χ1v) is 11.6. The Morgan fingerprint density at radius 3 is 2.67 bits per heavy atom. The minimum Gasteiger partial charge on any atom is -0.321 e. The number of hydrogen-bond donors (Lipinski definition) is 2. The zero-order valence-corrected chi connectivity index (χ0v) is 17.6. The molecule has 2 aliphatic rings. The molecule has 154 valence electrons. The molecular weight excluding hydrogens is 398 g/mol. The lowest BCUT2D eigenvalue weighted by atomic mass is 10.1. The highest BCUT2D eigenvalue weighted by Crippen LogP contribution is 2.37. The van der Waals surface area contributed by atoms with Crippen molar-refractivity contribution in [1.29, 1.82) is 0 Å². The second kappa shape index (κ2) is 7.11. The van der Waals surface area contributed by atoms with Crippen molar-refractivity contribution in [2.45, 2.75) is 31.2 Å². The van der Waals surface area contributed by atoms with Gasteiger partial charge >= 0.3 is 0 Å². The van der Waals surface area contributed by atoms with Crippen molar-refractivity contribution in [1.82, 2.24) is 4.90 Å². The predicted molar refractivity (Wildman–Crippen MR) is 118 cm³/mol. The van der Waals surface area contributed by atoms with Gasteiger partial charge in [-0.05, 0) is 68.2 Å². The maximum atomic E-state index is 13.3. The molecule has 0 aromatic heterocycles. The first-order chi connectivity index (χ1) is 14.4. The van der Waals surface area contributed by atoms with Crippen LogP contribution < -0.4 is 10.0 Å². The van der Waals surface area contributed by atoms with E-state index in [0.717, 1.165) is 30.8 Å². The monoisotopic (exact) mass is 421 g/mol. The van der Waals surface area contributed by atoms with Gasteiger partial charge in [0.05, 0.1) is 10.6 Å². The van der Waals surface area contributed by atoms with Gasteiger partial charge in [-0.25, -0.2) is 8.42 Å². The van der Waals surface area contributed by atoms with Crippen molar-refractivity contribution in [2.75, 3.05) is 23.1 Å². The molecule has 0 bridgehead atoms. The number of nitrogens with one attached hydrogen (secondary N) is 2. The number of amides is 1. The van der Waals surface area contributed by atoms with Crippen molar-refractivity contribution in [3.63, 3.8) is 0 Å². The fourth-order valence-electron chi connectivity index (χ4n) is 4.37. The molecule has 6 nitrogen and oxygen atoms in total. The summed E-state index contributed by atoms with van der Waals surface area (Å²) in [6, 6.07) is 14.3. The van der Waals surface area contributed by atoms with Crippen molar-refractivity contribution in [3.05, 3.63) is 65.2 Å². The Labute approximate surface area is 175 Å². The second-order valence-electron chi connectivity index (χ2n) is 8.03. The van der Waals surface area contributed by atoms with Gasteiger partial charge in [-0.1, -0.05) is 24.3 Å². The Bertz CT molecular complexity index is 1280. The summed E-state index contributed by atoms with van der Waals surface area (Å²) in [7, 11) is -3.83. The van der Waals surface area contributed by atoms with Gasteiger partial charge in [-0.15, -0.1) is 0 Å². The van der Waals surface area contributed by atoms with Crippen molar-refractivity contribution < 1.29 is 13.2 Å². The molecule has 0 unspecified atom stereocenters. The number of sulfonamides is 1. The number of hydrogen-bond acceptors (Lipinski definition) is 4. The Morgan fingerprint density at radius 1 is 1.07 bits per heavy atom. The summed E-state index contributed by atoms with van der Waals surface area (Å²) in [5, 5.41) is 3.99. The Balaban J connectivity index is 1.51. The van der Waals surface area contributed by atoms with E-state index in [2.05, 4.69) is 21.0 Å². The number of aryl methyl sites for hydroxylation is 1. The standard InChI is InChI=1S/C23H23N3O3S/c1-15-7-8-16(14-26-11-2-3-12-26)13-20(15)25-30(28,29)21-10-9-19-22-17(21)5-4-6-18(22)23(27)24-19/h4-10,13,25H,2-3,11-12,14H2,1H3,(H,24,27). The van der Waals surface area contributed by atoms with Gasteiger partial charge in [-0.3, -0.25) is 14.4 Å². The summed E-state index contributed by atoms with van der Waals surface area (Å²) in [5.41, 5.74) is 3.70. The molecule has 1 amide bonds. The molecule has 0 spiro atoms. The van der Waals surface area contributed by atoms with Crippen LogP contribution in [-0.2, 0) is 16.6 Å². The molecule has 3 aromatic carbocycles. The fourth-order valence-corrected chi connectivity index (χ4v) is 5.70. The summed E-state index contributed by atoms with van der Waals surface area (Å²) in [5.74, 6) is -0.205. The number of rotatable bonds is 5. The smallest absolute Gasteiger partial charge is 0.262 e. The van der Waals surface area contributed by atoms with Gasteiger partial charge in [0, 0.05) is 28.6 Å². The largest absolute Gasteiger partial charge is 0.321 e. The van der Waals surface area contributed by atoms with Crippen molar-refractivity contribution in [2.24, 2.45) is 0 Å². The van der Waals surface area contributed by atoms with Gasteiger partial charge in [-0.2, -0.15) is 0 Å². The lowest BCUT2D eigenvalue weighted by molar-refractivity contribution is 0.103. The zero-order valence-electron chi connectivity index (χ0n) is 16.7. The van der Waals surface area contributed by atoms with E-state index in [9.17, 15) is 13.2 Å². The topological polar surface area (TPSA) is 78.5 Å². The molecule has 2 heterocycles. The molecule has 2 aliphatic heterocycles. The lowest BCUT2D eigenvalue weighted by Gasteiger charge is -2.17. The third-order valence-corrected chi connectivity index (χ3v) is 7.36.